The van der Waals surface area contributed by atoms with Gasteiger partial charge in [0.15, 0.2) is 0 Å². The average molecular weight is 346 g/mol. The molecule has 0 unspecified atom stereocenters. The van der Waals surface area contributed by atoms with Crippen LogP contribution in [0.4, 0.5) is 5.69 Å². The fraction of sp³-hybridized carbons (Fsp3) is 0.333. The van der Waals surface area contributed by atoms with E-state index in [1.807, 2.05) is 18.2 Å². The first-order chi connectivity index (χ1) is 10.3. The maximum Gasteiger partial charge on any atom is 0.134 e. The van der Waals surface area contributed by atoms with Gasteiger partial charge in [-0.3, -0.25) is 0 Å². The van der Waals surface area contributed by atoms with E-state index in [1.165, 1.54) is 30.5 Å². The van der Waals surface area contributed by atoms with Gasteiger partial charge in [-0.2, -0.15) is 0 Å². The van der Waals surface area contributed by atoms with Crippen molar-refractivity contribution in [2.24, 2.45) is 0 Å². The molecule has 0 amide bonds. The minimum absolute atomic E-state index is 0.600. The van der Waals surface area contributed by atoms with Crippen molar-refractivity contribution in [3.05, 3.63) is 58.6 Å². The predicted octanol–water partition coefficient (Wildman–Crippen LogP) is 5.02. The zero-order chi connectivity index (χ0) is 14.5. The zero-order valence-corrected chi connectivity index (χ0v) is 13.7. The minimum Gasteiger partial charge on any atom is -0.488 e. The number of nitrogens with zero attached hydrogens (tertiary/aromatic N) is 1. The SMILES string of the molecule is Brc1cc(N2CCCCC2)ccc1OCc1ccccc1. The highest BCUT2D eigenvalue weighted by molar-refractivity contribution is 9.10. The second kappa shape index (κ2) is 6.99. The Morgan fingerprint density at radius 1 is 0.952 bits per heavy atom. The number of rotatable bonds is 4. The first kappa shape index (κ1) is 14.5. The fourth-order valence-electron chi connectivity index (χ4n) is 2.69. The highest BCUT2D eigenvalue weighted by atomic mass is 79.9. The van der Waals surface area contributed by atoms with Gasteiger partial charge in [-0.15, -0.1) is 0 Å². The van der Waals surface area contributed by atoms with E-state index in [0.717, 1.165) is 23.3 Å². The van der Waals surface area contributed by atoms with Gasteiger partial charge in [0.1, 0.15) is 12.4 Å². The van der Waals surface area contributed by atoms with E-state index >= 15 is 0 Å². The molecule has 0 saturated carbocycles. The number of ether oxygens (including phenoxy) is 1. The van der Waals surface area contributed by atoms with Gasteiger partial charge in [-0.1, -0.05) is 30.3 Å². The quantitative estimate of drug-likeness (QED) is 0.771. The van der Waals surface area contributed by atoms with Crippen molar-refractivity contribution in [2.75, 3.05) is 18.0 Å². The van der Waals surface area contributed by atoms with Crippen molar-refractivity contribution >= 4 is 21.6 Å². The van der Waals surface area contributed by atoms with Gasteiger partial charge in [0.2, 0.25) is 0 Å². The van der Waals surface area contributed by atoms with Crippen LogP contribution in [0.15, 0.2) is 53.0 Å². The monoisotopic (exact) mass is 345 g/mol. The zero-order valence-electron chi connectivity index (χ0n) is 12.1. The van der Waals surface area contributed by atoms with Gasteiger partial charge in [-0.05, 0) is 59.0 Å². The van der Waals surface area contributed by atoms with Crippen LogP contribution in [0.25, 0.3) is 0 Å². The largest absolute Gasteiger partial charge is 0.488 e. The molecule has 0 aliphatic carbocycles. The highest BCUT2D eigenvalue weighted by Gasteiger charge is 2.12. The first-order valence-electron chi connectivity index (χ1n) is 7.54. The van der Waals surface area contributed by atoms with Gasteiger partial charge in [0.25, 0.3) is 0 Å². The molecule has 0 atom stereocenters. The molecule has 1 fully saturated rings. The van der Waals surface area contributed by atoms with Gasteiger partial charge >= 0.3 is 0 Å². The Kier molecular flexibility index (Phi) is 4.81. The highest BCUT2D eigenvalue weighted by Crippen LogP contribution is 2.31. The molecule has 2 nitrogen and oxygen atoms in total. The normalized spacial score (nSPS) is 15.0. The number of benzene rings is 2. The van der Waals surface area contributed by atoms with E-state index in [-0.39, 0.29) is 0 Å². The lowest BCUT2D eigenvalue weighted by Crippen LogP contribution is -2.29. The van der Waals surface area contributed by atoms with E-state index in [2.05, 4.69) is 51.2 Å². The molecule has 0 bridgehead atoms. The molecule has 1 aliphatic heterocycles. The van der Waals surface area contributed by atoms with Crippen LogP contribution in [0.1, 0.15) is 24.8 Å². The molecule has 1 aliphatic rings. The number of piperidine rings is 1. The molecule has 3 heteroatoms. The Morgan fingerprint density at radius 3 is 2.43 bits per heavy atom. The van der Waals surface area contributed by atoms with Gasteiger partial charge in [-0.25, -0.2) is 0 Å². The fourth-order valence-corrected chi connectivity index (χ4v) is 3.17. The summed E-state index contributed by atoms with van der Waals surface area (Å²) in [6.07, 6.45) is 3.95. The molecule has 110 valence electrons. The molecule has 2 aromatic carbocycles. The summed E-state index contributed by atoms with van der Waals surface area (Å²) in [7, 11) is 0. The Labute approximate surface area is 134 Å². The van der Waals surface area contributed by atoms with Crippen molar-refractivity contribution in [3.8, 4) is 5.75 Å². The molecule has 0 radical (unpaired) electrons. The number of anilines is 1. The molecule has 2 aromatic rings. The van der Waals surface area contributed by atoms with Crippen molar-refractivity contribution < 1.29 is 4.74 Å². The Balaban J connectivity index is 1.66. The topological polar surface area (TPSA) is 12.5 Å². The van der Waals surface area contributed by atoms with Gasteiger partial charge in [0.05, 0.1) is 4.47 Å². The molecule has 0 N–H and O–H groups in total. The summed E-state index contributed by atoms with van der Waals surface area (Å²) in [6, 6.07) is 16.7. The molecule has 1 saturated heterocycles. The van der Waals surface area contributed by atoms with E-state index < -0.39 is 0 Å². The molecule has 3 rings (SSSR count). The Hall–Kier alpha value is -1.48. The Bertz CT molecular complexity index is 579. The summed E-state index contributed by atoms with van der Waals surface area (Å²) in [5.74, 6) is 0.902. The third kappa shape index (κ3) is 3.79. The van der Waals surface area contributed by atoms with Crippen LogP contribution in [0.5, 0.6) is 5.75 Å². The van der Waals surface area contributed by atoms with Crippen LogP contribution in [-0.2, 0) is 6.61 Å². The smallest absolute Gasteiger partial charge is 0.134 e. The lowest BCUT2D eigenvalue weighted by Gasteiger charge is -2.29. The molecule has 21 heavy (non-hydrogen) atoms. The first-order valence-corrected chi connectivity index (χ1v) is 8.33. The predicted molar refractivity (Wildman–Crippen MR) is 91.0 cm³/mol. The summed E-state index contributed by atoms with van der Waals surface area (Å²) in [5.41, 5.74) is 2.47. The Morgan fingerprint density at radius 2 is 1.71 bits per heavy atom. The van der Waals surface area contributed by atoms with Crippen molar-refractivity contribution in [2.45, 2.75) is 25.9 Å². The maximum atomic E-state index is 5.90. The summed E-state index contributed by atoms with van der Waals surface area (Å²) in [6.45, 7) is 2.93. The molecule has 0 aromatic heterocycles. The van der Waals surface area contributed by atoms with Crippen LogP contribution in [0.2, 0.25) is 0 Å². The second-order valence-corrected chi connectivity index (χ2v) is 6.29. The number of hydrogen-bond donors (Lipinski definition) is 0. The summed E-state index contributed by atoms with van der Waals surface area (Å²) >= 11 is 3.64. The second-order valence-electron chi connectivity index (χ2n) is 5.44. The standard InChI is InChI=1S/C18H20BrNO/c19-17-13-16(20-11-5-2-6-12-20)9-10-18(17)21-14-15-7-3-1-4-8-15/h1,3-4,7-10,13H,2,5-6,11-12,14H2. The van der Waals surface area contributed by atoms with Crippen LogP contribution in [0, 0.1) is 0 Å². The minimum atomic E-state index is 0.600. The molecular weight excluding hydrogens is 326 g/mol. The number of hydrogen-bond acceptors (Lipinski definition) is 2. The summed E-state index contributed by atoms with van der Waals surface area (Å²) < 4.78 is 6.93. The van der Waals surface area contributed by atoms with Crippen molar-refractivity contribution in [1.82, 2.24) is 0 Å². The number of halogens is 1. The average Bonchev–Trinajstić information content (AvgIpc) is 2.55. The van der Waals surface area contributed by atoms with E-state index in [1.54, 1.807) is 0 Å². The van der Waals surface area contributed by atoms with E-state index in [0.29, 0.717) is 6.61 Å². The lowest BCUT2D eigenvalue weighted by atomic mass is 10.1. The molecular formula is C18H20BrNO. The third-order valence-electron chi connectivity index (χ3n) is 3.87. The van der Waals surface area contributed by atoms with Crippen LogP contribution in [0.3, 0.4) is 0 Å². The van der Waals surface area contributed by atoms with E-state index in [4.69, 9.17) is 4.74 Å². The van der Waals surface area contributed by atoms with Crippen LogP contribution in [-0.4, -0.2) is 13.1 Å². The summed E-state index contributed by atoms with van der Waals surface area (Å²) in [4.78, 5) is 2.45. The maximum absolute atomic E-state index is 5.90. The van der Waals surface area contributed by atoms with Crippen LogP contribution >= 0.6 is 15.9 Å². The lowest BCUT2D eigenvalue weighted by molar-refractivity contribution is 0.304. The van der Waals surface area contributed by atoms with Crippen LogP contribution < -0.4 is 9.64 Å². The third-order valence-corrected chi connectivity index (χ3v) is 4.49. The van der Waals surface area contributed by atoms with Crippen molar-refractivity contribution in [3.63, 3.8) is 0 Å². The van der Waals surface area contributed by atoms with Gasteiger partial charge < -0.3 is 9.64 Å². The van der Waals surface area contributed by atoms with E-state index in [9.17, 15) is 0 Å². The van der Waals surface area contributed by atoms with Gasteiger partial charge in [0, 0.05) is 18.8 Å². The molecule has 0 spiro atoms. The molecule has 1 heterocycles. The summed E-state index contributed by atoms with van der Waals surface area (Å²) in [5, 5.41) is 0. The van der Waals surface area contributed by atoms with Crippen molar-refractivity contribution in [1.29, 1.82) is 0 Å².